The van der Waals surface area contributed by atoms with Crippen molar-refractivity contribution in [1.29, 1.82) is 0 Å². The lowest BCUT2D eigenvalue weighted by Crippen LogP contribution is -2.44. The zero-order valence-electron chi connectivity index (χ0n) is 7.53. The van der Waals surface area contributed by atoms with Crippen molar-refractivity contribution in [3.05, 3.63) is 12.2 Å². The van der Waals surface area contributed by atoms with Crippen LogP contribution in [0.15, 0.2) is 12.2 Å². The predicted octanol–water partition coefficient (Wildman–Crippen LogP) is 1.97. The first-order chi connectivity index (χ1) is 5.69. The Hall–Kier alpha value is -0.300. The average Bonchev–Trinajstić information content (AvgIpc) is 2.38. The number of rotatable bonds is 0. The molecule has 2 fully saturated rings. The summed E-state index contributed by atoms with van der Waals surface area (Å²) in [7, 11) is 0. The van der Waals surface area contributed by atoms with Crippen molar-refractivity contribution in [2.75, 3.05) is 0 Å². The minimum atomic E-state index is -0.350. The predicted molar refractivity (Wildman–Crippen MR) is 47.6 cm³/mol. The van der Waals surface area contributed by atoms with E-state index in [1.807, 2.05) is 0 Å². The molecule has 0 radical (unpaired) electrons. The Morgan fingerprint density at radius 2 is 1.67 bits per heavy atom. The molecule has 0 aromatic carbocycles. The maximum atomic E-state index is 10.3. The second-order valence-corrected chi connectivity index (χ2v) is 4.96. The molecule has 0 aromatic rings. The number of aliphatic hydroxyl groups is 1. The van der Waals surface area contributed by atoms with E-state index in [1.54, 1.807) is 0 Å². The van der Waals surface area contributed by atoms with Crippen LogP contribution in [0.3, 0.4) is 0 Å². The van der Waals surface area contributed by atoms with Gasteiger partial charge in [-0.05, 0) is 49.9 Å². The molecule has 3 aliphatic rings. The van der Waals surface area contributed by atoms with Crippen LogP contribution in [0.1, 0.15) is 26.2 Å². The van der Waals surface area contributed by atoms with Crippen LogP contribution >= 0.6 is 0 Å². The summed E-state index contributed by atoms with van der Waals surface area (Å²) in [5.41, 5.74) is -0.350. The van der Waals surface area contributed by atoms with Gasteiger partial charge in [-0.25, -0.2) is 0 Å². The van der Waals surface area contributed by atoms with Crippen LogP contribution in [0.2, 0.25) is 0 Å². The molecular formula is C11H16O. The van der Waals surface area contributed by atoms with E-state index in [0.717, 1.165) is 0 Å². The van der Waals surface area contributed by atoms with E-state index < -0.39 is 0 Å². The van der Waals surface area contributed by atoms with Gasteiger partial charge >= 0.3 is 0 Å². The molecule has 1 unspecified atom stereocenters. The zero-order chi connectivity index (χ0) is 8.34. The quantitative estimate of drug-likeness (QED) is 0.543. The molecule has 0 aliphatic heterocycles. The molecular weight excluding hydrogens is 148 g/mol. The molecule has 0 heterocycles. The Bertz CT molecular complexity index is 219. The van der Waals surface area contributed by atoms with Gasteiger partial charge < -0.3 is 5.11 Å². The van der Waals surface area contributed by atoms with E-state index in [4.69, 9.17) is 0 Å². The first-order valence-electron chi connectivity index (χ1n) is 5.10. The van der Waals surface area contributed by atoms with Crippen LogP contribution in [0.4, 0.5) is 0 Å². The summed E-state index contributed by atoms with van der Waals surface area (Å²) in [6, 6.07) is 0. The van der Waals surface area contributed by atoms with Crippen LogP contribution in [0.25, 0.3) is 0 Å². The van der Waals surface area contributed by atoms with Crippen molar-refractivity contribution in [1.82, 2.24) is 0 Å². The lowest BCUT2D eigenvalue weighted by Gasteiger charge is -2.41. The molecule has 1 heteroatoms. The van der Waals surface area contributed by atoms with Gasteiger partial charge in [0.25, 0.3) is 0 Å². The molecule has 1 nitrogen and oxygen atoms in total. The molecule has 4 bridgehead atoms. The molecule has 0 saturated heterocycles. The summed E-state index contributed by atoms with van der Waals surface area (Å²) in [4.78, 5) is 0. The molecule has 12 heavy (non-hydrogen) atoms. The standard InChI is InChI=1S/C11H16O/c1-11(12)9-4-5-10(11)8-3-2-7(9)6-8/h2-3,7-10,12H,4-6H2,1H3/t7-,8+,9+,10-,11?. The van der Waals surface area contributed by atoms with Crippen molar-refractivity contribution in [2.45, 2.75) is 31.8 Å². The summed E-state index contributed by atoms with van der Waals surface area (Å²) in [5.74, 6) is 2.53. The van der Waals surface area contributed by atoms with Crippen molar-refractivity contribution < 1.29 is 5.11 Å². The molecule has 5 atom stereocenters. The number of hydrogen-bond donors (Lipinski definition) is 1. The van der Waals surface area contributed by atoms with E-state index in [1.165, 1.54) is 19.3 Å². The summed E-state index contributed by atoms with van der Waals surface area (Å²) in [5, 5.41) is 10.3. The first-order valence-corrected chi connectivity index (χ1v) is 5.10. The highest BCUT2D eigenvalue weighted by Gasteiger charge is 2.56. The number of allylic oxidation sites excluding steroid dienone is 2. The second-order valence-electron chi connectivity index (χ2n) is 4.96. The molecule has 3 aliphatic carbocycles. The van der Waals surface area contributed by atoms with Gasteiger partial charge in [-0.3, -0.25) is 0 Å². The smallest absolute Gasteiger partial charge is 0.0687 e. The van der Waals surface area contributed by atoms with Gasteiger partial charge in [-0.1, -0.05) is 12.2 Å². The SMILES string of the molecule is CC1(O)[C@@H]2CC[C@H]1[C@@H]1C=C[C@H]2C1. The fraction of sp³-hybridized carbons (Fsp3) is 0.818. The Kier molecular flexibility index (Phi) is 1.16. The van der Waals surface area contributed by atoms with Gasteiger partial charge in [-0.15, -0.1) is 0 Å². The highest BCUT2D eigenvalue weighted by Crippen LogP contribution is 2.57. The highest BCUT2D eigenvalue weighted by atomic mass is 16.3. The molecule has 2 saturated carbocycles. The zero-order valence-corrected chi connectivity index (χ0v) is 7.53. The van der Waals surface area contributed by atoms with E-state index in [9.17, 15) is 5.11 Å². The van der Waals surface area contributed by atoms with Gasteiger partial charge in [0.2, 0.25) is 0 Å². The minimum absolute atomic E-state index is 0.350. The summed E-state index contributed by atoms with van der Waals surface area (Å²) >= 11 is 0. The highest BCUT2D eigenvalue weighted by molar-refractivity contribution is 5.18. The minimum Gasteiger partial charge on any atom is -0.390 e. The largest absolute Gasteiger partial charge is 0.390 e. The number of hydrogen-bond acceptors (Lipinski definition) is 1. The third-order valence-electron chi connectivity index (χ3n) is 4.47. The summed E-state index contributed by atoms with van der Waals surface area (Å²) in [6.07, 6.45) is 8.53. The van der Waals surface area contributed by atoms with E-state index in [-0.39, 0.29) is 5.60 Å². The average molecular weight is 164 g/mol. The fourth-order valence-electron chi connectivity index (χ4n) is 3.87. The monoisotopic (exact) mass is 164 g/mol. The lowest BCUT2D eigenvalue weighted by atomic mass is 9.68. The van der Waals surface area contributed by atoms with Gasteiger partial charge in [0.15, 0.2) is 0 Å². The first kappa shape index (κ1) is 7.14. The van der Waals surface area contributed by atoms with Crippen LogP contribution in [-0.4, -0.2) is 10.7 Å². The van der Waals surface area contributed by atoms with Crippen LogP contribution in [0.5, 0.6) is 0 Å². The maximum absolute atomic E-state index is 10.3. The Morgan fingerprint density at radius 1 is 1.17 bits per heavy atom. The Morgan fingerprint density at radius 3 is 2.17 bits per heavy atom. The Labute approximate surface area is 73.5 Å². The van der Waals surface area contributed by atoms with Gasteiger partial charge in [0.1, 0.15) is 0 Å². The van der Waals surface area contributed by atoms with Gasteiger partial charge in [-0.2, -0.15) is 0 Å². The molecule has 1 N–H and O–H groups in total. The van der Waals surface area contributed by atoms with Crippen molar-refractivity contribution in [2.24, 2.45) is 23.7 Å². The second kappa shape index (κ2) is 1.95. The summed E-state index contributed by atoms with van der Waals surface area (Å²) in [6.45, 7) is 2.06. The molecule has 66 valence electrons. The topological polar surface area (TPSA) is 20.2 Å². The normalized spacial score (nSPS) is 61.2. The van der Waals surface area contributed by atoms with Crippen molar-refractivity contribution >= 4 is 0 Å². The van der Waals surface area contributed by atoms with Crippen molar-refractivity contribution in [3.63, 3.8) is 0 Å². The maximum Gasteiger partial charge on any atom is 0.0687 e. The van der Waals surface area contributed by atoms with Crippen LogP contribution < -0.4 is 0 Å². The van der Waals surface area contributed by atoms with Gasteiger partial charge in [0.05, 0.1) is 5.60 Å². The summed E-state index contributed by atoms with van der Waals surface area (Å²) < 4.78 is 0. The molecule has 0 spiro atoms. The van der Waals surface area contributed by atoms with Crippen molar-refractivity contribution in [3.8, 4) is 0 Å². The van der Waals surface area contributed by atoms with Gasteiger partial charge in [0, 0.05) is 0 Å². The molecule has 0 aromatic heterocycles. The van der Waals surface area contributed by atoms with E-state index in [2.05, 4.69) is 19.1 Å². The third-order valence-corrected chi connectivity index (χ3v) is 4.47. The molecule has 0 amide bonds. The lowest BCUT2D eigenvalue weighted by molar-refractivity contribution is -0.0671. The number of fused-ring (bicyclic) bond motifs is 6. The van der Waals surface area contributed by atoms with E-state index >= 15 is 0 Å². The van der Waals surface area contributed by atoms with Crippen LogP contribution in [-0.2, 0) is 0 Å². The Balaban J connectivity index is 2.07. The fourth-order valence-corrected chi connectivity index (χ4v) is 3.87. The molecule has 3 rings (SSSR count). The van der Waals surface area contributed by atoms with Crippen LogP contribution in [0, 0.1) is 23.7 Å². The third kappa shape index (κ3) is 0.646. The van der Waals surface area contributed by atoms with E-state index in [0.29, 0.717) is 23.7 Å².